The standard InChI is InChI=1S/C21H25ClN2O3/c1-26-18-8-6-16(7-9-18)20(24-10-12-27-13-11-24)15-23-21(25)14-17-4-2-3-5-19(17)22/h2-9,20H,10-15H2,1H3,(H,23,25). The number of carbonyl (C=O) groups is 1. The second-order valence-electron chi connectivity index (χ2n) is 6.51. The molecule has 0 radical (unpaired) electrons. The summed E-state index contributed by atoms with van der Waals surface area (Å²) in [6.45, 7) is 3.64. The summed E-state index contributed by atoms with van der Waals surface area (Å²) in [5.41, 5.74) is 1.99. The molecule has 0 aliphatic carbocycles. The molecule has 2 aromatic carbocycles. The fourth-order valence-electron chi connectivity index (χ4n) is 3.26. The lowest BCUT2D eigenvalue weighted by molar-refractivity contribution is -0.120. The Balaban J connectivity index is 1.67. The molecular weight excluding hydrogens is 364 g/mol. The van der Waals surface area contributed by atoms with Crippen molar-refractivity contribution in [1.29, 1.82) is 0 Å². The molecule has 1 atom stereocenters. The molecule has 0 saturated carbocycles. The maximum atomic E-state index is 12.5. The number of methoxy groups -OCH3 is 1. The molecule has 1 aliphatic heterocycles. The summed E-state index contributed by atoms with van der Waals surface area (Å²) < 4.78 is 10.7. The molecule has 1 fully saturated rings. The van der Waals surface area contributed by atoms with Crippen LogP contribution in [0.15, 0.2) is 48.5 Å². The molecule has 1 amide bonds. The van der Waals surface area contributed by atoms with Crippen LogP contribution >= 0.6 is 11.6 Å². The molecule has 2 aromatic rings. The number of rotatable bonds is 7. The van der Waals surface area contributed by atoms with E-state index in [1.807, 2.05) is 30.3 Å². The van der Waals surface area contributed by atoms with E-state index in [9.17, 15) is 4.79 Å². The number of ether oxygens (including phenoxy) is 2. The summed E-state index contributed by atoms with van der Waals surface area (Å²) >= 11 is 6.16. The first-order valence-electron chi connectivity index (χ1n) is 9.13. The van der Waals surface area contributed by atoms with Crippen molar-refractivity contribution in [2.24, 2.45) is 0 Å². The van der Waals surface area contributed by atoms with Crippen LogP contribution < -0.4 is 10.1 Å². The first-order chi connectivity index (χ1) is 13.2. The highest BCUT2D eigenvalue weighted by Gasteiger charge is 2.23. The third-order valence-corrected chi connectivity index (χ3v) is 5.16. The Morgan fingerprint density at radius 1 is 1.19 bits per heavy atom. The largest absolute Gasteiger partial charge is 0.497 e. The van der Waals surface area contributed by atoms with E-state index < -0.39 is 0 Å². The maximum absolute atomic E-state index is 12.5. The fraction of sp³-hybridized carbons (Fsp3) is 0.381. The Hall–Kier alpha value is -2.08. The second-order valence-corrected chi connectivity index (χ2v) is 6.92. The molecule has 1 aliphatic rings. The second kappa shape index (κ2) is 9.74. The van der Waals surface area contributed by atoms with E-state index in [1.54, 1.807) is 13.2 Å². The lowest BCUT2D eigenvalue weighted by atomic mass is 10.0. The van der Waals surface area contributed by atoms with Crippen LogP contribution in [0.1, 0.15) is 17.2 Å². The first kappa shape index (κ1) is 19.7. The number of hydrogen-bond acceptors (Lipinski definition) is 4. The Morgan fingerprint density at radius 3 is 2.56 bits per heavy atom. The van der Waals surface area contributed by atoms with Crippen molar-refractivity contribution in [3.05, 3.63) is 64.7 Å². The molecule has 1 N–H and O–H groups in total. The Labute approximate surface area is 165 Å². The average molecular weight is 389 g/mol. The lowest BCUT2D eigenvalue weighted by Crippen LogP contribution is -2.44. The average Bonchev–Trinajstić information content (AvgIpc) is 2.71. The fourth-order valence-corrected chi connectivity index (χ4v) is 3.46. The van der Waals surface area contributed by atoms with Gasteiger partial charge in [0.05, 0.1) is 32.8 Å². The van der Waals surface area contributed by atoms with Crippen LogP contribution in [0.25, 0.3) is 0 Å². The molecule has 0 aromatic heterocycles. The van der Waals surface area contributed by atoms with Gasteiger partial charge in [0, 0.05) is 24.7 Å². The number of halogens is 1. The van der Waals surface area contributed by atoms with Crippen LogP contribution in [-0.2, 0) is 16.0 Å². The van der Waals surface area contributed by atoms with Gasteiger partial charge in [0.15, 0.2) is 0 Å². The van der Waals surface area contributed by atoms with Gasteiger partial charge in [-0.15, -0.1) is 0 Å². The quantitative estimate of drug-likeness (QED) is 0.792. The summed E-state index contributed by atoms with van der Waals surface area (Å²) in [4.78, 5) is 14.8. The molecule has 5 nitrogen and oxygen atoms in total. The molecule has 1 saturated heterocycles. The Kier molecular flexibility index (Phi) is 7.10. The van der Waals surface area contributed by atoms with E-state index in [4.69, 9.17) is 21.1 Å². The van der Waals surface area contributed by atoms with E-state index in [1.165, 1.54) is 0 Å². The smallest absolute Gasteiger partial charge is 0.224 e. The summed E-state index contributed by atoms with van der Waals surface area (Å²) in [6.07, 6.45) is 0.276. The number of carbonyl (C=O) groups excluding carboxylic acids is 1. The van der Waals surface area contributed by atoms with Crippen molar-refractivity contribution in [2.45, 2.75) is 12.5 Å². The van der Waals surface area contributed by atoms with Crippen molar-refractivity contribution in [3.63, 3.8) is 0 Å². The number of hydrogen-bond donors (Lipinski definition) is 1. The highest BCUT2D eigenvalue weighted by atomic mass is 35.5. The minimum absolute atomic E-state index is 0.0325. The van der Waals surface area contributed by atoms with Crippen LogP contribution in [0.3, 0.4) is 0 Å². The highest BCUT2D eigenvalue weighted by molar-refractivity contribution is 6.31. The predicted octanol–water partition coefficient (Wildman–Crippen LogP) is 3.08. The van der Waals surface area contributed by atoms with Gasteiger partial charge < -0.3 is 14.8 Å². The van der Waals surface area contributed by atoms with Gasteiger partial charge in [0.1, 0.15) is 5.75 Å². The topological polar surface area (TPSA) is 50.8 Å². The lowest BCUT2D eigenvalue weighted by Gasteiger charge is -2.35. The zero-order valence-electron chi connectivity index (χ0n) is 15.5. The SMILES string of the molecule is COc1ccc(C(CNC(=O)Cc2ccccc2Cl)N2CCOCC2)cc1. The summed E-state index contributed by atoms with van der Waals surface area (Å²) in [7, 11) is 1.66. The van der Waals surface area contributed by atoms with Crippen LogP contribution in [0.5, 0.6) is 5.75 Å². The Bertz CT molecular complexity index is 745. The van der Waals surface area contributed by atoms with Crippen molar-refractivity contribution in [3.8, 4) is 5.75 Å². The van der Waals surface area contributed by atoms with Gasteiger partial charge >= 0.3 is 0 Å². The molecule has 0 bridgehead atoms. The summed E-state index contributed by atoms with van der Waals surface area (Å²) in [5.74, 6) is 0.789. The van der Waals surface area contributed by atoms with E-state index >= 15 is 0 Å². The van der Waals surface area contributed by atoms with Crippen LogP contribution in [-0.4, -0.2) is 50.8 Å². The minimum atomic E-state index is -0.0325. The molecule has 1 heterocycles. The van der Waals surface area contributed by atoms with E-state index in [2.05, 4.69) is 22.3 Å². The monoisotopic (exact) mass is 388 g/mol. The van der Waals surface area contributed by atoms with Crippen molar-refractivity contribution in [1.82, 2.24) is 10.2 Å². The minimum Gasteiger partial charge on any atom is -0.497 e. The van der Waals surface area contributed by atoms with Gasteiger partial charge in [-0.3, -0.25) is 9.69 Å². The molecule has 6 heteroatoms. The first-order valence-corrected chi connectivity index (χ1v) is 9.51. The highest BCUT2D eigenvalue weighted by Crippen LogP contribution is 2.24. The van der Waals surface area contributed by atoms with E-state index in [-0.39, 0.29) is 18.4 Å². The molecule has 0 spiro atoms. The van der Waals surface area contributed by atoms with Gasteiger partial charge in [0.25, 0.3) is 0 Å². The van der Waals surface area contributed by atoms with Crippen molar-refractivity contribution < 1.29 is 14.3 Å². The zero-order chi connectivity index (χ0) is 19.1. The van der Waals surface area contributed by atoms with Gasteiger partial charge in [-0.1, -0.05) is 41.9 Å². The van der Waals surface area contributed by atoms with Gasteiger partial charge in [0.2, 0.25) is 5.91 Å². The molecule has 27 heavy (non-hydrogen) atoms. The predicted molar refractivity (Wildman–Crippen MR) is 106 cm³/mol. The number of amides is 1. The molecule has 3 rings (SSSR count). The number of nitrogens with one attached hydrogen (secondary N) is 1. The van der Waals surface area contributed by atoms with Crippen LogP contribution in [0.2, 0.25) is 5.02 Å². The number of morpholine rings is 1. The molecule has 144 valence electrons. The van der Waals surface area contributed by atoms with Gasteiger partial charge in [-0.25, -0.2) is 0 Å². The maximum Gasteiger partial charge on any atom is 0.224 e. The third-order valence-electron chi connectivity index (χ3n) is 4.79. The zero-order valence-corrected chi connectivity index (χ0v) is 16.2. The number of benzene rings is 2. The van der Waals surface area contributed by atoms with Crippen molar-refractivity contribution >= 4 is 17.5 Å². The molecule has 1 unspecified atom stereocenters. The summed E-state index contributed by atoms with van der Waals surface area (Å²) in [5, 5.41) is 3.69. The van der Waals surface area contributed by atoms with Crippen molar-refractivity contribution in [2.75, 3.05) is 40.0 Å². The summed E-state index contributed by atoms with van der Waals surface area (Å²) in [6, 6.07) is 15.5. The van der Waals surface area contributed by atoms with E-state index in [0.29, 0.717) is 24.8 Å². The van der Waals surface area contributed by atoms with Gasteiger partial charge in [-0.2, -0.15) is 0 Å². The Morgan fingerprint density at radius 2 is 1.89 bits per heavy atom. The molecular formula is C21H25ClN2O3. The number of nitrogens with zero attached hydrogens (tertiary/aromatic N) is 1. The van der Waals surface area contributed by atoms with Crippen LogP contribution in [0, 0.1) is 0 Å². The van der Waals surface area contributed by atoms with E-state index in [0.717, 1.165) is 30.0 Å². The van der Waals surface area contributed by atoms with Gasteiger partial charge in [-0.05, 0) is 29.3 Å². The third kappa shape index (κ3) is 5.45. The normalized spacial score (nSPS) is 15.9. The van der Waals surface area contributed by atoms with Crippen LogP contribution in [0.4, 0.5) is 0 Å².